The molecule has 0 atom stereocenters. The maximum atomic E-state index is 12.3. The summed E-state index contributed by atoms with van der Waals surface area (Å²) in [5.74, 6) is -0.308. The lowest BCUT2D eigenvalue weighted by atomic mass is 10.2. The molecule has 0 aliphatic heterocycles. The smallest absolute Gasteiger partial charge is 0.237 e. The molecule has 3 nitrogen and oxygen atoms in total. The largest absolute Gasteiger partial charge is 0.283 e. The Morgan fingerprint density at radius 1 is 0.952 bits per heavy atom. The van der Waals surface area contributed by atoms with Gasteiger partial charge in [0.1, 0.15) is 0 Å². The van der Waals surface area contributed by atoms with Crippen LogP contribution in [0, 0.1) is 6.92 Å². The van der Waals surface area contributed by atoms with Crippen LogP contribution < -0.4 is 4.72 Å². The van der Waals surface area contributed by atoms with Crippen molar-refractivity contribution in [2.24, 2.45) is 0 Å². The summed E-state index contributed by atoms with van der Waals surface area (Å²) in [6.45, 7) is 1.74. The third-order valence-electron chi connectivity index (χ3n) is 2.93. The highest BCUT2D eigenvalue weighted by Gasteiger charge is 2.17. The van der Waals surface area contributed by atoms with E-state index in [1.807, 2.05) is 0 Å². The zero-order valence-corrected chi connectivity index (χ0v) is 14.1. The molecule has 0 amide bonds. The fourth-order valence-corrected chi connectivity index (χ4v) is 3.97. The van der Waals surface area contributed by atoms with E-state index in [1.54, 1.807) is 43.3 Å². The van der Waals surface area contributed by atoms with Crippen molar-refractivity contribution in [2.75, 3.05) is 4.72 Å². The molecular weight excluding hydrogens is 353 g/mol. The highest BCUT2D eigenvalue weighted by atomic mass is 35.5. The van der Waals surface area contributed by atoms with Crippen LogP contribution in [0.5, 0.6) is 0 Å². The standard InChI is InChI=1S/C14H12Cl3NO2S/c1-9-11(15)4-3-7-14(9)18-21(19,20)8-10-12(16)5-2-6-13(10)17/h2-7,18H,8H2,1H3. The first-order chi connectivity index (χ1) is 9.80. The van der Waals surface area contributed by atoms with E-state index >= 15 is 0 Å². The Kier molecular flexibility index (Phi) is 5.04. The van der Waals surface area contributed by atoms with Crippen molar-refractivity contribution in [3.8, 4) is 0 Å². The lowest BCUT2D eigenvalue weighted by Gasteiger charge is -2.12. The van der Waals surface area contributed by atoms with E-state index in [9.17, 15) is 8.42 Å². The molecule has 0 heterocycles. The summed E-state index contributed by atoms with van der Waals surface area (Å²) in [6, 6.07) is 9.88. The molecule has 0 saturated carbocycles. The van der Waals surface area contributed by atoms with Crippen molar-refractivity contribution in [3.63, 3.8) is 0 Å². The molecule has 0 fully saturated rings. The van der Waals surface area contributed by atoms with Gasteiger partial charge in [-0.05, 0) is 36.8 Å². The number of nitrogens with one attached hydrogen (secondary N) is 1. The monoisotopic (exact) mass is 363 g/mol. The number of halogens is 3. The third-order valence-corrected chi connectivity index (χ3v) is 5.25. The highest BCUT2D eigenvalue weighted by Crippen LogP contribution is 2.28. The first kappa shape index (κ1) is 16.4. The number of rotatable bonds is 4. The van der Waals surface area contributed by atoms with Gasteiger partial charge in [-0.25, -0.2) is 8.42 Å². The Morgan fingerprint density at radius 3 is 2.10 bits per heavy atom. The molecule has 0 aliphatic rings. The van der Waals surface area contributed by atoms with Crippen molar-refractivity contribution >= 4 is 50.5 Å². The fraction of sp³-hybridized carbons (Fsp3) is 0.143. The molecule has 0 spiro atoms. The zero-order valence-electron chi connectivity index (χ0n) is 11.0. The lowest BCUT2D eigenvalue weighted by Crippen LogP contribution is -2.16. The molecule has 0 unspecified atom stereocenters. The normalized spacial score (nSPS) is 11.4. The summed E-state index contributed by atoms with van der Waals surface area (Å²) in [6.07, 6.45) is 0. The van der Waals surface area contributed by atoms with Crippen LogP contribution in [0.2, 0.25) is 15.1 Å². The molecule has 0 saturated heterocycles. The van der Waals surface area contributed by atoms with Gasteiger partial charge >= 0.3 is 0 Å². The van der Waals surface area contributed by atoms with E-state index in [0.29, 0.717) is 31.9 Å². The fourth-order valence-electron chi connectivity index (χ4n) is 1.78. The molecule has 2 aromatic carbocycles. The molecule has 0 aromatic heterocycles. The van der Waals surface area contributed by atoms with Crippen molar-refractivity contribution in [1.29, 1.82) is 0 Å². The average molecular weight is 365 g/mol. The summed E-state index contributed by atoms with van der Waals surface area (Å²) in [4.78, 5) is 0. The summed E-state index contributed by atoms with van der Waals surface area (Å²) in [7, 11) is -3.65. The number of benzene rings is 2. The van der Waals surface area contributed by atoms with E-state index in [0.717, 1.165) is 0 Å². The van der Waals surface area contributed by atoms with Gasteiger partial charge in [-0.15, -0.1) is 0 Å². The summed E-state index contributed by atoms with van der Waals surface area (Å²) >= 11 is 18.0. The number of hydrogen-bond acceptors (Lipinski definition) is 2. The first-order valence-electron chi connectivity index (χ1n) is 5.98. The van der Waals surface area contributed by atoms with Gasteiger partial charge in [-0.2, -0.15) is 0 Å². The average Bonchev–Trinajstić information content (AvgIpc) is 2.39. The van der Waals surface area contributed by atoms with Gasteiger partial charge in [-0.3, -0.25) is 4.72 Å². The summed E-state index contributed by atoms with van der Waals surface area (Å²) < 4.78 is 27.0. The minimum Gasteiger partial charge on any atom is -0.283 e. The Labute approximate surface area is 138 Å². The van der Waals surface area contributed by atoms with Crippen LogP contribution in [0.4, 0.5) is 5.69 Å². The van der Waals surface area contributed by atoms with Gasteiger partial charge in [0.05, 0.1) is 11.4 Å². The van der Waals surface area contributed by atoms with Crippen molar-refractivity contribution in [1.82, 2.24) is 0 Å². The molecule has 0 bridgehead atoms. The second-order valence-corrected chi connectivity index (χ2v) is 7.42. The van der Waals surface area contributed by atoms with Gasteiger partial charge in [-0.1, -0.05) is 46.9 Å². The predicted molar refractivity (Wildman–Crippen MR) is 88.9 cm³/mol. The molecule has 0 radical (unpaired) electrons. The summed E-state index contributed by atoms with van der Waals surface area (Å²) in [5.41, 5.74) is 1.46. The van der Waals surface area contributed by atoms with Crippen molar-refractivity contribution < 1.29 is 8.42 Å². The number of anilines is 1. The molecule has 0 aliphatic carbocycles. The molecular formula is C14H12Cl3NO2S. The van der Waals surface area contributed by atoms with Gasteiger partial charge < -0.3 is 0 Å². The van der Waals surface area contributed by atoms with Crippen LogP contribution in [-0.4, -0.2) is 8.42 Å². The Bertz CT molecular complexity index is 756. The quantitative estimate of drug-likeness (QED) is 0.839. The predicted octanol–water partition coefficient (Wildman–Crippen LogP) is 4.90. The second kappa shape index (κ2) is 6.44. The van der Waals surface area contributed by atoms with E-state index in [1.165, 1.54) is 0 Å². The van der Waals surface area contributed by atoms with Crippen LogP contribution in [0.1, 0.15) is 11.1 Å². The van der Waals surface area contributed by atoms with Crippen LogP contribution in [0.25, 0.3) is 0 Å². The van der Waals surface area contributed by atoms with Gasteiger partial charge in [0.15, 0.2) is 0 Å². The van der Waals surface area contributed by atoms with E-state index < -0.39 is 10.0 Å². The van der Waals surface area contributed by atoms with Gasteiger partial charge in [0, 0.05) is 20.6 Å². The van der Waals surface area contributed by atoms with Crippen LogP contribution in [-0.2, 0) is 15.8 Å². The number of hydrogen-bond donors (Lipinski definition) is 1. The molecule has 1 N–H and O–H groups in total. The third kappa shape index (κ3) is 4.04. The minimum absolute atomic E-state index is 0.308. The van der Waals surface area contributed by atoms with E-state index in [4.69, 9.17) is 34.8 Å². The van der Waals surface area contributed by atoms with Crippen LogP contribution >= 0.6 is 34.8 Å². The van der Waals surface area contributed by atoms with Crippen molar-refractivity contribution in [3.05, 3.63) is 62.6 Å². The van der Waals surface area contributed by atoms with Crippen LogP contribution in [0.3, 0.4) is 0 Å². The molecule has 2 rings (SSSR count). The second-order valence-electron chi connectivity index (χ2n) is 4.47. The Balaban J connectivity index is 2.29. The topological polar surface area (TPSA) is 46.2 Å². The first-order valence-corrected chi connectivity index (χ1v) is 8.77. The molecule has 21 heavy (non-hydrogen) atoms. The minimum atomic E-state index is -3.65. The Hall–Kier alpha value is -0.940. The Morgan fingerprint density at radius 2 is 1.48 bits per heavy atom. The van der Waals surface area contributed by atoms with E-state index in [-0.39, 0.29) is 5.75 Å². The van der Waals surface area contributed by atoms with Gasteiger partial charge in [0.2, 0.25) is 10.0 Å². The zero-order chi connectivity index (χ0) is 15.6. The highest BCUT2D eigenvalue weighted by molar-refractivity contribution is 7.91. The molecule has 2 aromatic rings. The number of sulfonamides is 1. The maximum Gasteiger partial charge on any atom is 0.237 e. The van der Waals surface area contributed by atoms with Crippen molar-refractivity contribution in [2.45, 2.75) is 12.7 Å². The van der Waals surface area contributed by atoms with E-state index in [2.05, 4.69) is 4.72 Å². The molecule has 112 valence electrons. The summed E-state index contributed by atoms with van der Waals surface area (Å²) in [5, 5.41) is 1.12. The maximum absolute atomic E-state index is 12.3. The van der Waals surface area contributed by atoms with Gasteiger partial charge in [0.25, 0.3) is 0 Å². The van der Waals surface area contributed by atoms with Crippen LogP contribution in [0.15, 0.2) is 36.4 Å². The SMILES string of the molecule is Cc1c(Cl)cccc1NS(=O)(=O)Cc1c(Cl)cccc1Cl. The molecule has 7 heteroatoms. The lowest BCUT2D eigenvalue weighted by molar-refractivity contribution is 0.600.